The maximum atomic E-state index is 12.5. The fourth-order valence-corrected chi connectivity index (χ4v) is 2.76. The molecule has 22 heavy (non-hydrogen) atoms. The van der Waals surface area contributed by atoms with Crippen LogP contribution in [0.2, 0.25) is 0 Å². The normalized spacial score (nSPS) is 17.4. The van der Waals surface area contributed by atoms with Gasteiger partial charge in [0.2, 0.25) is 0 Å². The highest BCUT2D eigenvalue weighted by Crippen LogP contribution is 2.25. The molecule has 0 saturated carbocycles. The predicted octanol–water partition coefficient (Wildman–Crippen LogP) is 1.79. The maximum absolute atomic E-state index is 12.5. The van der Waals surface area contributed by atoms with Crippen LogP contribution in [0, 0.1) is 6.92 Å². The van der Waals surface area contributed by atoms with Crippen LogP contribution in [0.1, 0.15) is 39.6 Å². The smallest absolute Gasteiger partial charge is 0.251 e. The largest absolute Gasteiger partial charge is 0.346 e. The van der Waals surface area contributed by atoms with E-state index in [4.69, 9.17) is 0 Å². The Bertz CT molecular complexity index is 648. The number of amides is 1. The van der Waals surface area contributed by atoms with Gasteiger partial charge in [-0.1, -0.05) is 18.2 Å². The number of nitrogens with zero attached hydrogens (tertiary/aromatic N) is 2. The Balaban J connectivity index is 1.70. The van der Waals surface area contributed by atoms with E-state index in [1.807, 2.05) is 25.1 Å². The molecular formula is C17H20N4O. The van der Waals surface area contributed by atoms with Crippen LogP contribution in [0.15, 0.2) is 36.7 Å². The number of aromatic nitrogens is 2. The molecule has 1 aliphatic rings. The Morgan fingerprint density at radius 2 is 2.18 bits per heavy atom. The van der Waals surface area contributed by atoms with Crippen molar-refractivity contribution in [3.8, 4) is 0 Å². The molecule has 0 aliphatic carbocycles. The lowest BCUT2D eigenvalue weighted by Gasteiger charge is -2.14. The van der Waals surface area contributed by atoms with E-state index in [-0.39, 0.29) is 5.91 Å². The van der Waals surface area contributed by atoms with Crippen LogP contribution in [0.3, 0.4) is 0 Å². The number of hydrogen-bond donors (Lipinski definition) is 2. The van der Waals surface area contributed by atoms with Crippen molar-refractivity contribution in [3.05, 3.63) is 59.2 Å². The molecule has 114 valence electrons. The number of aryl methyl sites for hydroxylation is 1. The summed E-state index contributed by atoms with van der Waals surface area (Å²) in [7, 11) is 0. The van der Waals surface area contributed by atoms with Gasteiger partial charge in [-0.15, -0.1) is 0 Å². The van der Waals surface area contributed by atoms with E-state index >= 15 is 0 Å². The second-order valence-corrected chi connectivity index (χ2v) is 5.61. The number of carbonyl (C=O) groups excluding carboxylic acids is 1. The number of rotatable bonds is 4. The van der Waals surface area contributed by atoms with Crippen molar-refractivity contribution in [3.63, 3.8) is 0 Å². The summed E-state index contributed by atoms with van der Waals surface area (Å²) in [5.74, 6) is 0.367. The maximum Gasteiger partial charge on any atom is 0.251 e. The summed E-state index contributed by atoms with van der Waals surface area (Å²) in [6.07, 6.45) is 4.48. The van der Waals surface area contributed by atoms with Gasteiger partial charge in [-0.3, -0.25) is 14.8 Å². The van der Waals surface area contributed by atoms with E-state index in [0.717, 1.165) is 42.0 Å². The molecule has 0 spiro atoms. The van der Waals surface area contributed by atoms with Crippen molar-refractivity contribution in [1.29, 1.82) is 0 Å². The Morgan fingerprint density at radius 1 is 1.32 bits per heavy atom. The molecule has 3 rings (SSSR count). The van der Waals surface area contributed by atoms with Crippen molar-refractivity contribution in [1.82, 2.24) is 20.6 Å². The molecule has 1 aromatic carbocycles. The third kappa shape index (κ3) is 3.31. The van der Waals surface area contributed by atoms with Crippen LogP contribution in [-0.4, -0.2) is 29.0 Å². The van der Waals surface area contributed by atoms with Gasteiger partial charge in [0.15, 0.2) is 0 Å². The third-order valence-electron chi connectivity index (χ3n) is 3.97. The first kappa shape index (κ1) is 14.7. The van der Waals surface area contributed by atoms with Gasteiger partial charge in [-0.2, -0.15) is 0 Å². The summed E-state index contributed by atoms with van der Waals surface area (Å²) in [5, 5.41) is 6.29. The lowest BCUT2D eigenvalue weighted by atomic mass is 9.93. The van der Waals surface area contributed by atoms with Crippen molar-refractivity contribution in [2.75, 3.05) is 13.1 Å². The molecule has 0 radical (unpaired) electrons. The van der Waals surface area contributed by atoms with E-state index < -0.39 is 0 Å². The number of benzene rings is 1. The summed E-state index contributed by atoms with van der Waals surface area (Å²) in [4.78, 5) is 20.9. The molecule has 0 unspecified atom stereocenters. The zero-order chi connectivity index (χ0) is 15.4. The highest BCUT2D eigenvalue weighted by Gasteiger charge is 2.21. The van der Waals surface area contributed by atoms with E-state index in [1.165, 1.54) is 0 Å². The van der Waals surface area contributed by atoms with E-state index in [9.17, 15) is 4.79 Å². The minimum absolute atomic E-state index is 0.0510. The van der Waals surface area contributed by atoms with Crippen LogP contribution in [0.25, 0.3) is 0 Å². The summed E-state index contributed by atoms with van der Waals surface area (Å²) in [6, 6.07) is 7.85. The van der Waals surface area contributed by atoms with E-state index in [0.29, 0.717) is 12.5 Å². The highest BCUT2D eigenvalue weighted by atomic mass is 16.1. The molecule has 2 aromatic rings. The SMILES string of the molecule is Cc1cnc(CNC(=O)c2ccccc2[C@H]2CCNC2)cn1. The highest BCUT2D eigenvalue weighted by molar-refractivity contribution is 5.95. The molecule has 1 atom stereocenters. The first-order chi connectivity index (χ1) is 10.7. The number of nitrogens with one attached hydrogen (secondary N) is 2. The number of hydrogen-bond acceptors (Lipinski definition) is 4. The second kappa shape index (κ2) is 6.66. The molecular weight excluding hydrogens is 276 g/mol. The fraction of sp³-hybridized carbons (Fsp3) is 0.353. The van der Waals surface area contributed by atoms with Gasteiger partial charge < -0.3 is 10.6 Å². The summed E-state index contributed by atoms with van der Waals surface area (Å²) < 4.78 is 0. The molecule has 1 amide bonds. The van der Waals surface area contributed by atoms with E-state index in [2.05, 4.69) is 26.7 Å². The van der Waals surface area contributed by atoms with Gasteiger partial charge >= 0.3 is 0 Å². The topological polar surface area (TPSA) is 66.9 Å². The molecule has 2 heterocycles. The average molecular weight is 296 g/mol. The van der Waals surface area contributed by atoms with Crippen molar-refractivity contribution in [2.24, 2.45) is 0 Å². The predicted molar refractivity (Wildman–Crippen MR) is 84.6 cm³/mol. The quantitative estimate of drug-likeness (QED) is 0.903. The summed E-state index contributed by atoms with van der Waals surface area (Å²) in [5.41, 5.74) is 3.52. The molecule has 5 nitrogen and oxygen atoms in total. The van der Waals surface area contributed by atoms with Gasteiger partial charge in [0.1, 0.15) is 0 Å². The van der Waals surface area contributed by atoms with Crippen LogP contribution < -0.4 is 10.6 Å². The zero-order valence-corrected chi connectivity index (χ0v) is 12.7. The van der Waals surface area contributed by atoms with Crippen molar-refractivity contribution >= 4 is 5.91 Å². The van der Waals surface area contributed by atoms with Crippen molar-refractivity contribution < 1.29 is 4.79 Å². The third-order valence-corrected chi connectivity index (χ3v) is 3.97. The van der Waals surface area contributed by atoms with E-state index in [1.54, 1.807) is 12.4 Å². The van der Waals surface area contributed by atoms with Crippen LogP contribution >= 0.6 is 0 Å². The standard InChI is InChI=1S/C17H20N4O/c1-12-8-20-14(10-19-12)11-21-17(22)16-5-3-2-4-15(16)13-6-7-18-9-13/h2-5,8,10,13,18H,6-7,9,11H2,1H3,(H,21,22)/t13-/m0/s1. The molecule has 0 bridgehead atoms. The zero-order valence-electron chi connectivity index (χ0n) is 12.7. The van der Waals surface area contributed by atoms with Gasteiger partial charge in [0, 0.05) is 18.3 Å². The molecule has 1 aliphatic heterocycles. The first-order valence-corrected chi connectivity index (χ1v) is 7.59. The van der Waals surface area contributed by atoms with Crippen molar-refractivity contribution in [2.45, 2.75) is 25.8 Å². The second-order valence-electron chi connectivity index (χ2n) is 5.61. The first-order valence-electron chi connectivity index (χ1n) is 7.59. The van der Waals surface area contributed by atoms with Gasteiger partial charge in [-0.25, -0.2) is 0 Å². The fourth-order valence-electron chi connectivity index (χ4n) is 2.76. The number of carbonyl (C=O) groups is 1. The molecule has 1 fully saturated rings. The monoisotopic (exact) mass is 296 g/mol. The lowest BCUT2D eigenvalue weighted by molar-refractivity contribution is 0.0949. The lowest BCUT2D eigenvalue weighted by Crippen LogP contribution is -2.25. The minimum Gasteiger partial charge on any atom is -0.346 e. The Labute approximate surface area is 130 Å². The Hall–Kier alpha value is -2.27. The minimum atomic E-state index is -0.0510. The average Bonchev–Trinajstić information content (AvgIpc) is 3.08. The Kier molecular flexibility index (Phi) is 4.44. The van der Waals surface area contributed by atoms with Gasteiger partial charge in [0.05, 0.1) is 24.1 Å². The molecule has 5 heteroatoms. The van der Waals surface area contributed by atoms with Crippen LogP contribution in [0.5, 0.6) is 0 Å². The Morgan fingerprint density at radius 3 is 2.91 bits per heavy atom. The summed E-state index contributed by atoms with van der Waals surface area (Å²) in [6.45, 7) is 4.23. The molecule has 1 aromatic heterocycles. The molecule has 1 saturated heterocycles. The van der Waals surface area contributed by atoms with Gasteiger partial charge in [0.25, 0.3) is 5.91 Å². The molecule has 2 N–H and O–H groups in total. The van der Waals surface area contributed by atoms with Crippen LogP contribution in [-0.2, 0) is 6.54 Å². The van der Waals surface area contributed by atoms with Crippen LogP contribution in [0.4, 0.5) is 0 Å². The van der Waals surface area contributed by atoms with Gasteiger partial charge in [-0.05, 0) is 37.4 Å². The summed E-state index contributed by atoms with van der Waals surface area (Å²) >= 11 is 0.